The molecule has 2 aromatic heterocycles. The number of fused-ring (bicyclic) bond motifs is 1. The van der Waals surface area contributed by atoms with Gasteiger partial charge in [0, 0.05) is 17.9 Å². The van der Waals surface area contributed by atoms with Crippen LogP contribution >= 0.6 is 0 Å². The molecule has 24 heavy (non-hydrogen) atoms. The van der Waals surface area contributed by atoms with E-state index in [2.05, 4.69) is 10.4 Å². The van der Waals surface area contributed by atoms with Crippen molar-refractivity contribution in [2.75, 3.05) is 12.4 Å². The summed E-state index contributed by atoms with van der Waals surface area (Å²) in [5.74, 6) is 2.25. The molecule has 0 unspecified atom stereocenters. The summed E-state index contributed by atoms with van der Waals surface area (Å²) in [5, 5.41) is 7.37. The molecule has 1 aliphatic rings. The van der Waals surface area contributed by atoms with Gasteiger partial charge in [-0.1, -0.05) is 12.1 Å². The zero-order valence-corrected chi connectivity index (χ0v) is 13.2. The van der Waals surface area contributed by atoms with Crippen molar-refractivity contribution in [3.05, 3.63) is 65.7 Å². The summed E-state index contributed by atoms with van der Waals surface area (Å²) in [4.78, 5) is 12.2. The lowest BCUT2D eigenvalue weighted by Gasteiger charge is -2.24. The van der Waals surface area contributed by atoms with E-state index in [1.54, 1.807) is 18.1 Å². The van der Waals surface area contributed by atoms with E-state index in [0.29, 0.717) is 13.0 Å². The van der Waals surface area contributed by atoms with Gasteiger partial charge in [-0.2, -0.15) is 5.10 Å². The Hall–Kier alpha value is -3.02. The number of amides is 1. The molecule has 0 radical (unpaired) electrons. The van der Waals surface area contributed by atoms with Crippen LogP contribution in [0.5, 0.6) is 5.75 Å². The van der Waals surface area contributed by atoms with Gasteiger partial charge < -0.3 is 14.5 Å². The normalized spacial score (nSPS) is 16.5. The Morgan fingerprint density at radius 1 is 1.38 bits per heavy atom. The second-order valence-electron chi connectivity index (χ2n) is 5.77. The third kappa shape index (κ3) is 2.56. The van der Waals surface area contributed by atoms with Crippen molar-refractivity contribution in [1.29, 1.82) is 0 Å². The van der Waals surface area contributed by atoms with Gasteiger partial charge in [0.25, 0.3) is 0 Å². The van der Waals surface area contributed by atoms with Crippen molar-refractivity contribution in [2.24, 2.45) is 0 Å². The minimum absolute atomic E-state index is 0.0171. The monoisotopic (exact) mass is 323 g/mol. The average molecular weight is 323 g/mol. The minimum atomic E-state index is -0.0331. The highest BCUT2D eigenvalue weighted by Gasteiger charge is 2.30. The number of anilines is 1. The maximum atomic E-state index is 12.2. The second kappa shape index (κ2) is 5.88. The molecule has 4 rings (SSSR count). The number of benzene rings is 1. The summed E-state index contributed by atoms with van der Waals surface area (Å²) in [6.45, 7) is 0.480. The van der Waals surface area contributed by atoms with Gasteiger partial charge in [-0.3, -0.25) is 4.79 Å². The number of nitrogens with zero attached hydrogens (tertiary/aromatic N) is 2. The van der Waals surface area contributed by atoms with Crippen LogP contribution in [0.4, 0.5) is 5.82 Å². The number of carbonyl (C=O) groups is 1. The predicted octanol–water partition coefficient (Wildman–Crippen LogP) is 3.01. The third-order valence-electron chi connectivity index (χ3n) is 4.27. The van der Waals surface area contributed by atoms with Crippen LogP contribution in [-0.4, -0.2) is 22.8 Å². The van der Waals surface area contributed by atoms with Crippen molar-refractivity contribution >= 4 is 11.7 Å². The molecule has 6 heteroatoms. The number of furan rings is 1. The standard InChI is InChI=1S/C18H17N3O3/c1-23-13-5-2-4-12(8-13)15-9-17(22)20-18-16(15)10-19-21(18)11-14-6-3-7-24-14/h2-8,10,15H,9,11H2,1H3,(H,20,22)/t15-/m1/s1. The lowest BCUT2D eigenvalue weighted by Crippen LogP contribution is -2.25. The van der Waals surface area contributed by atoms with Gasteiger partial charge in [0.15, 0.2) is 0 Å². The number of hydrogen-bond acceptors (Lipinski definition) is 4. The highest BCUT2D eigenvalue weighted by atomic mass is 16.5. The highest BCUT2D eigenvalue weighted by Crippen LogP contribution is 2.38. The fourth-order valence-corrected chi connectivity index (χ4v) is 3.10. The Morgan fingerprint density at radius 2 is 2.29 bits per heavy atom. The SMILES string of the molecule is COc1cccc([C@H]2CC(=O)Nc3c2cnn3Cc2ccco2)c1. The van der Waals surface area contributed by atoms with E-state index in [1.165, 1.54) is 0 Å². The van der Waals surface area contributed by atoms with E-state index in [0.717, 1.165) is 28.5 Å². The molecule has 6 nitrogen and oxygen atoms in total. The first kappa shape index (κ1) is 14.6. The maximum absolute atomic E-state index is 12.2. The molecule has 1 aromatic carbocycles. The van der Waals surface area contributed by atoms with Gasteiger partial charge in [0.2, 0.25) is 5.91 Å². The van der Waals surface area contributed by atoms with E-state index >= 15 is 0 Å². The van der Waals surface area contributed by atoms with Gasteiger partial charge in [-0.05, 0) is 29.8 Å². The molecule has 0 aliphatic carbocycles. The largest absolute Gasteiger partial charge is 0.497 e. The molecule has 0 fully saturated rings. The molecule has 0 spiro atoms. The number of ether oxygens (including phenoxy) is 1. The first-order valence-electron chi connectivity index (χ1n) is 7.76. The number of carbonyl (C=O) groups excluding carboxylic acids is 1. The van der Waals surface area contributed by atoms with Crippen LogP contribution in [0.3, 0.4) is 0 Å². The number of rotatable bonds is 4. The van der Waals surface area contributed by atoms with Crippen molar-refractivity contribution in [1.82, 2.24) is 9.78 Å². The van der Waals surface area contributed by atoms with E-state index < -0.39 is 0 Å². The van der Waals surface area contributed by atoms with Crippen LogP contribution in [0.1, 0.15) is 29.2 Å². The fourth-order valence-electron chi connectivity index (χ4n) is 3.10. The van der Waals surface area contributed by atoms with Crippen molar-refractivity contribution < 1.29 is 13.9 Å². The minimum Gasteiger partial charge on any atom is -0.497 e. The molecule has 1 atom stereocenters. The van der Waals surface area contributed by atoms with Crippen LogP contribution in [0.2, 0.25) is 0 Å². The van der Waals surface area contributed by atoms with E-state index in [-0.39, 0.29) is 11.8 Å². The Kier molecular flexibility index (Phi) is 3.57. The molecule has 3 heterocycles. The Balaban J connectivity index is 1.72. The van der Waals surface area contributed by atoms with Gasteiger partial charge in [0.1, 0.15) is 23.9 Å². The lowest BCUT2D eigenvalue weighted by atomic mass is 9.87. The molecule has 0 bridgehead atoms. The summed E-state index contributed by atoms with van der Waals surface area (Å²) in [6.07, 6.45) is 3.84. The molecule has 1 aliphatic heterocycles. The van der Waals surface area contributed by atoms with Crippen LogP contribution in [-0.2, 0) is 11.3 Å². The third-order valence-corrected chi connectivity index (χ3v) is 4.27. The summed E-state index contributed by atoms with van der Waals surface area (Å²) >= 11 is 0. The van der Waals surface area contributed by atoms with E-state index in [4.69, 9.17) is 9.15 Å². The van der Waals surface area contributed by atoms with Crippen molar-refractivity contribution in [2.45, 2.75) is 18.9 Å². The maximum Gasteiger partial charge on any atom is 0.226 e. The van der Waals surface area contributed by atoms with Gasteiger partial charge in [-0.15, -0.1) is 0 Å². The first-order valence-corrected chi connectivity index (χ1v) is 7.76. The zero-order chi connectivity index (χ0) is 16.5. The molecule has 122 valence electrons. The van der Waals surface area contributed by atoms with Crippen molar-refractivity contribution in [3.8, 4) is 5.75 Å². The summed E-state index contributed by atoms with van der Waals surface area (Å²) in [6, 6.07) is 11.5. The van der Waals surface area contributed by atoms with Crippen LogP contribution < -0.4 is 10.1 Å². The van der Waals surface area contributed by atoms with E-state index in [1.807, 2.05) is 42.6 Å². The first-order chi connectivity index (χ1) is 11.7. The summed E-state index contributed by atoms with van der Waals surface area (Å²) in [5.41, 5.74) is 2.05. The molecule has 0 saturated carbocycles. The number of aromatic nitrogens is 2. The number of hydrogen-bond donors (Lipinski definition) is 1. The summed E-state index contributed by atoms with van der Waals surface area (Å²) < 4.78 is 12.4. The lowest BCUT2D eigenvalue weighted by molar-refractivity contribution is -0.116. The highest BCUT2D eigenvalue weighted by molar-refractivity contribution is 5.94. The van der Waals surface area contributed by atoms with Gasteiger partial charge in [0.05, 0.1) is 19.6 Å². The molecular weight excluding hydrogens is 306 g/mol. The molecule has 3 aromatic rings. The van der Waals surface area contributed by atoms with Crippen LogP contribution in [0.15, 0.2) is 53.3 Å². The molecule has 1 N–H and O–H groups in total. The fraction of sp³-hybridized carbons (Fsp3) is 0.222. The second-order valence-corrected chi connectivity index (χ2v) is 5.77. The Morgan fingerprint density at radius 3 is 3.08 bits per heavy atom. The van der Waals surface area contributed by atoms with Crippen LogP contribution in [0, 0.1) is 0 Å². The molecular formula is C18H17N3O3. The summed E-state index contributed by atoms with van der Waals surface area (Å²) in [7, 11) is 1.64. The average Bonchev–Trinajstić information content (AvgIpc) is 3.25. The van der Waals surface area contributed by atoms with Gasteiger partial charge >= 0.3 is 0 Å². The molecule has 0 saturated heterocycles. The topological polar surface area (TPSA) is 69.3 Å². The Labute approximate surface area is 139 Å². The van der Waals surface area contributed by atoms with Crippen molar-refractivity contribution in [3.63, 3.8) is 0 Å². The number of methoxy groups -OCH3 is 1. The van der Waals surface area contributed by atoms with Crippen LogP contribution in [0.25, 0.3) is 0 Å². The van der Waals surface area contributed by atoms with E-state index in [9.17, 15) is 4.79 Å². The number of nitrogens with one attached hydrogen (secondary N) is 1. The predicted molar refractivity (Wildman–Crippen MR) is 88.1 cm³/mol. The van der Waals surface area contributed by atoms with Gasteiger partial charge in [-0.25, -0.2) is 4.68 Å². The molecule has 1 amide bonds. The Bertz CT molecular complexity index is 868. The quantitative estimate of drug-likeness (QED) is 0.801. The zero-order valence-electron chi connectivity index (χ0n) is 13.2. The smallest absolute Gasteiger partial charge is 0.226 e.